The molecular formula is C15H18N4OS. The van der Waals surface area contributed by atoms with Crippen molar-refractivity contribution in [3.8, 4) is 0 Å². The van der Waals surface area contributed by atoms with Crippen LogP contribution in [-0.4, -0.2) is 17.1 Å². The first-order valence-electron chi connectivity index (χ1n) is 6.63. The van der Waals surface area contributed by atoms with Gasteiger partial charge in [-0.25, -0.2) is 10.4 Å². The molecule has 0 spiro atoms. The number of hydrazone groups is 1. The molecule has 5 nitrogen and oxygen atoms in total. The Labute approximate surface area is 127 Å². The van der Waals surface area contributed by atoms with Crippen molar-refractivity contribution in [2.24, 2.45) is 5.10 Å². The molecule has 0 radical (unpaired) electrons. The van der Waals surface area contributed by atoms with Gasteiger partial charge in [-0.1, -0.05) is 49.4 Å². The number of anilines is 1. The third kappa shape index (κ3) is 3.88. The lowest BCUT2D eigenvalue weighted by atomic mass is 10.0. The van der Waals surface area contributed by atoms with Gasteiger partial charge in [-0.2, -0.15) is 5.10 Å². The number of nitrogens with one attached hydrogen (secondary N) is 1. The molecule has 1 heterocycles. The molecule has 0 atom stereocenters. The van der Waals surface area contributed by atoms with Crippen LogP contribution in [0.5, 0.6) is 0 Å². The van der Waals surface area contributed by atoms with Crippen LogP contribution in [0.25, 0.3) is 0 Å². The van der Waals surface area contributed by atoms with E-state index in [0.717, 1.165) is 16.9 Å². The molecule has 2 aromatic rings. The molecule has 6 heteroatoms. The van der Waals surface area contributed by atoms with Gasteiger partial charge in [0.15, 0.2) is 5.13 Å². The lowest BCUT2D eigenvalue weighted by Gasteiger charge is -2.04. The molecule has 2 rings (SSSR count). The molecule has 1 aromatic carbocycles. The van der Waals surface area contributed by atoms with E-state index in [1.54, 1.807) is 13.1 Å². The van der Waals surface area contributed by atoms with Crippen LogP contribution < -0.4 is 11.2 Å². The predicted molar refractivity (Wildman–Crippen MR) is 86.9 cm³/mol. The van der Waals surface area contributed by atoms with E-state index >= 15 is 0 Å². The summed E-state index contributed by atoms with van der Waals surface area (Å²) in [6.45, 7) is 6.04. The van der Waals surface area contributed by atoms with E-state index in [0.29, 0.717) is 21.6 Å². The summed E-state index contributed by atoms with van der Waals surface area (Å²) in [4.78, 5) is 16.4. The number of nitrogens with zero attached hydrogens (tertiary/aromatic N) is 2. The van der Waals surface area contributed by atoms with Crippen LogP contribution in [0, 0.1) is 6.92 Å². The predicted octanol–water partition coefficient (Wildman–Crippen LogP) is 2.92. The van der Waals surface area contributed by atoms with Crippen molar-refractivity contribution in [2.45, 2.75) is 26.7 Å². The van der Waals surface area contributed by atoms with Crippen molar-refractivity contribution < 1.29 is 4.79 Å². The second kappa shape index (κ2) is 6.49. The van der Waals surface area contributed by atoms with Crippen LogP contribution in [0.2, 0.25) is 0 Å². The van der Waals surface area contributed by atoms with Crippen LogP contribution in [0.3, 0.4) is 0 Å². The molecule has 0 unspecified atom stereocenters. The zero-order valence-electron chi connectivity index (χ0n) is 12.3. The average Bonchev–Trinajstić information content (AvgIpc) is 2.78. The van der Waals surface area contributed by atoms with E-state index in [1.165, 1.54) is 5.56 Å². The number of aromatic nitrogens is 1. The molecule has 21 heavy (non-hydrogen) atoms. The summed E-state index contributed by atoms with van der Waals surface area (Å²) in [6.07, 6.45) is 1.61. The van der Waals surface area contributed by atoms with Gasteiger partial charge >= 0.3 is 0 Å². The third-order valence-corrected chi connectivity index (χ3v) is 3.99. The number of aryl methyl sites for hydroxylation is 1. The zero-order valence-corrected chi connectivity index (χ0v) is 13.1. The molecule has 0 saturated heterocycles. The van der Waals surface area contributed by atoms with Crippen LogP contribution in [0.1, 0.15) is 46.3 Å². The quantitative estimate of drug-likeness (QED) is 0.673. The number of carbonyl (C=O) groups excluding carboxylic acids is 1. The molecule has 3 N–H and O–H groups in total. The first kappa shape index (κ1) is 15.2. The lowest BCUT2D eigenvalue weighted by molar-refractivity contribution is 0.0958. The van der Waals surface area contributed by atoms with Gasteiger partial charge in [0.05, 0.1) is 11.9 Å². The third-order valence-electron chi connectivity index (χ3n) is 3.00. The summed E-state index contributed by atoms with van der Waals surface area (Å²) >= 11 is 1.15. The highest BCUT2D eigenvalue weighted by atomic mass is 32.1. The Hall–Kier alpha value is -2.21. The first-order valence-corrected chi connectivity index (χ1v) is 7.45. The number of hydrogen-bond acceptors (Lipinski definition) is 5. The van der Waals surface area contributed by atoms with Crippen molar-refractivity contribution in [3.63, 3.8) is 0 Å². The van der Waals surface area contributed by atoms with E-state index in [4.69, 9.17) is 5.73 Å². The van der Waals surface area contributed by atoms with Gasteiger partial charge in [0.1, 0.15) is 4.88 Å². The van der Waals surface area contributed by atoms with E-state index in [2.05, 4.69) is 41.5 Å². The molecule has 1 amide bonds. The summed E-state index contributed by atoms with van der Waals surface area (Å²) in [5.74, 6) is 0.201. The fourth-order valence-corrected chi connectivity index (χ4v) is 2.53. The van der Waals surface area contributed by atoms with E-state index in [1.807, 2.05) is 12.1 Å². The summed E-state index contributed by atoms with van der Waals surface area (Å²) in [5, 5.41) is 4.34. The summed E-state index contributed by atoms with van der Waals surface area (Å²) < 4.78 is 0. The maximum absolute atomic E-state index is 11.9. The van der Waals surface area contributed by atoms with Crippen LogP contribution in [-0.2, 0) is 0 Å². The monoisotopic (exact) mass is 302 g/mol. The van der Waals surface area contributed by atoms with Gasteiger partial charge in [-0.15, -0.1) is 0 Å². The molecular weight excluding hydrogens is 284 g/mol. The van der Waals surface area contributed by atoms with E-state index in [9.17, 15) is 4.79 Å². The minimum absolute atomic E-state index is 0.295. The van der Waals surface area contributed by atoms with Crippen molar-refractivity contribution >= 4 is 28.6 Å². The summed E-state index contributed by atoms with van der Waals surface area (Å²) in [7, 11) is 0. The fourth-order valence-electron chi connectivity index (χ4n) is 1.81. The number of carbonyl (C=O) groups is 1. The fraction of sp³-hybridized carbons (Fsp3) is 0.267. The van der Waals surface area contributed by atoms with Crippen molar-refractivity contribution in [1.29, 1.82) is 0 Å². The van der Waals surface area contributed by atoms with Gasteiger partial charge < -0.3 is 5.73 Å². The number of rotatable bonds is 4. The number of nitrogens with two attached hydrogens (primary N) is 1. The van der Waals surface area contributed by atoms with Gasteiger partial charge in [-0.3, -0.25) is 4.79 Å². The maximum atomic E-state index is 11.9. The molecule has 0 aliphatic rings. The zero-order chi connectivity index (χ0) is 15.4. The Morgan fingerprint density at radius 3 is 2.57 bits per heavy atom. The van der Waals surface area contributed by atoms with E-state index < -0.39 is 0 Å². The Bertz CT molecular complexity index is 659. The van der Waals surface area contributed by atoms with Crippen LogP contribution in [0.15, 0.2) is 29.4 Å². The van der Waals surface area contributed by atoms with Gasteiger partial charge in [0.2, 0.25) is 0 Å². The van der Waals surface area contributed by atoms with Crippen LogP contribution >= 0.6 is 11.3 Å². The minimum Gasteiger partial charge on any atom is -0.375 e. The molecule has 0 bridgehead atoms. The Morgan fingerprint density at radius 1 is 1.38 bits per heavy atom. The largest absolute Gasteiger partial charge is 0.375 e. The van der Waals surface area contributed by atoms with Crippen molar-refractivity contribution in [1.82, 2.24) is 10.4 Å². The molecule has 0 fully saturated rings. The normalized spacial score (nSPS) is 11.2. The molecule has 0 aliphatic carbocycles. The van der Waals surface area contributed by atoms with Gasteiger partial charge in [-0.05, 0) is 24.0 Å². The van der Waals surface area contributed by atoms with Gasteiger partial charge in [0, 0.05) is 0 Å². The van der Waals surface area contributed by atoms with E-state index in [-0.39, 0.29) is 5.91 Å². The Balaban J connectivity index is 1.99. The Kier molecular flexibility index (Phi) is 4.70. The number of nitrogen functional groups attached to an aromatic ring is 1. The van der Waals surface area contributed by atoms with Crippen LogP contribution in [0.4, 0.5) is 5.13 Å². The smallest absolute Gasteiger partial charge is 0.283 e. The van der Waals surface area contributed by atoms with Crippen molar-refractivity contribution in [3.05, 3.63) is 46.0 Å². The average molecular weight is 302 g/mol. The minimum atomic E-state index is -0.295. The van der Waals surface area contributed by atoms with Crippen molar-refractivity contribution in [2.75, 3.05) is 5.73 Å². The SMILES string of the molecule is Cc1nc(N)sc1C(=O)NN=Cc1ccc(C(C)C)cc1. The summed E-state index contributed by atoms with van der Waals surface area (Å²) in [6, 6.07) is 8.06. The lowest BCUT2D eigenvalue weighted by Crippen LogP contribution is -2.17. The number of amides is 1. The molecule has 1 aromatic heterocycles. The number of thiazole rings is 1. The Morgan fingerprint density at radius 2 is 2.05 bits per heavy atom. The first-order chi connectivity index (χ1) is 9.97. The standard InChI is InChI=1S/C15H18N4OS/c1-9(2)12-6-4-11(5-7-12)8-17-19-14(20)13-10(3)18-15(16)21-13/h4-9H,1-3H3,(H2,16,18)(H,19,20). The second-order valence-electron chi connectivity index (χ2n) is 4.99. The molecule has 110 valence electrons. The summed E-state index contributed by atoms with van der Waals surface area (Å²) in [5.41, 5.74) is 10.9. The second-order valence-corrected chi connectivity index (χ2v) is 6.02. The maximum Gasteiger partial charge on any atom is 0.283 e. The topological polar surface area (TPSA) is 80.4 Å². The molecule has 0 saturated carbocycles. The van der Waals surface area contributed by atoms with Gasteiger partial charge in [0.25, 0.3) is 5.91 Å². The highest BCUT2D eigenvalue weighted by molar-refractivity contribution is 7.17. The number of hydrogen-bond donors (Lipinski definition) is 2. The highest BCUT2D eigenvalue weighted by Gasteiger charge is 2.13. The highest BCUT2D eigenvalue weighted by Crippen LogP contribution is 2.19. The number of benzene rings is 1. The molecule has 0 aliphatic heterocycles.